The Balaban J connectivity index is 1.28. The normalized spacial score (nSPS) is 13.5. The lowest BCUT2D eigenvalue weighted by atomic mass is 10.0. The summed E-state index contributed by atoms with van der Waals surface area (Å²) in [5.74, 6) is -0.179. The molecular formula is C35H35N3O4. The minimum Gasteiger partial charge on any atom is -0.480 e. The number of hydrogen-bond acceptors (Lipinski definition) is 5. The molecule has 0 unspecified atom stereocenters. The molecule has 1 fully saturated rings. The topological polar surface area (TPSA) is 71.1 Å². The van der Waals surface area contributed by atoms with Gasteiger partial charge in [-0.1, -0.05) is 91.0 Å². The summed E-state index contributed by atoms with van der Waals surface area (Å²) in [5, 5.41) is 2.95. The van der Waals surface area contributed by atoms with Gasteiger partial charge in [0, 0.05) is 37.6 Å². The van der Waals surface area contributed by atoms with Crippen molar-refractivity contribution in [2.75, 3.05) is 38.6 Å². The molecule has 0 radical (unpaired) electrons. The average molecular weight is 562 g/mol. The molecule has 7 nitrogen and oxygen atoms in total. The van der Waals surface area contributed by atoms with Crippen molar-refractivity contribution in [3.8, 4) is 5.75 Å². The van der Waals surface area contributed by atoms with Gasteiger partial charge in [0.25, 0.3) is 0 Å². The number of anilines is 1. The Morgan fingerprint density at radius 3 is 1.88 bits per heavy atom. The molecule has 0 saturated carbocycles. The Kier molecular flexibility index (Phi) is 9.19. The molecule has 1 aliphatic rings. The molecule has 2 amide bonds. The third-order valence-electron chi connectivity index (χ3n) is 7.33. The highest BCUT2D eigenvalue weighted by Gasteiger charge is 2.24. The van der Waals surface area contributed by atoms with E-state index in [4.69, 9.17) is 9.47 Å². The van der Waals surface area contributed by atoms with Crippen LogP contribution in [0.2, 0.25) is 0 Å². The Morgan fingerprint density at radius 1 is 0.762 bits per heavy atom. The maximum Gasteiger partial charge on any atom is 0.341 e. The van der Waals surface area contributed by atoms with Crippen LogP contribution in [0, 0.1) is 0 Å². The predicted octanol–water partition coefficient (Wildman–Crippen LogP) is 6.85. The van der Waals surface area contributed by atoms with Crippen LogP contribution in [-0.4, -0.2) is 55.1 Å². The first-order valence-corrected chi connectivity index (χ1v) is 14.0. The quantitative estimate of drug-likeness (QED) is 0.238. The van der Waals surface area contributed by atoms with Gasteiger partial charge in [-0.25, -0.2) is 9.59 Å². The number of urea groups is 1. The van der Waals surface area contributed by atoms with Gasteiger partial charge in [0.05, 0.1) is 7.11 Å². The van der Waals surface area contributed by atoms with Crippen molar-refractivity contribution in [1.82, 2.24) is 9.80 Å². The summed E-state index contributed by atoms with van der Waals surface area (Å²) < 4.78 is 11.5. The third-order valence-corrected chi connectivity index (χ3v) is 7.33. The van der Waals surface area contributed by atoms with E-state index in [-0.39, 0.29) is 11.6 Å². The second kappa shape index (κ2) is 13.5. The van der Waals surface area contributed by atoms with Gasteiger partial charge in [-0.05, 0) is 47.9 Å². The molecule has 0 atom stereocenters. The minimum atomic E-state index is -0.546. The first-order valence-electron chi connectivity index (χ1n) is 14.0. The Labute approximate surface area is 247 Å². The summed E-state index contributed by atoms with van der Waals surface area (Å²) in [4.78, 5) is 30.0. The summed E-state index contributed by atoms with van der Waals surface area (Å²) >= 11 is 0. The van der Waals surface area contributed by atoms with Crippen LogP contribution in [-0.2, 0) is 4.74 Å². The molecule has 42 heavy (non-hydrogen) atoms. The van der Waals surface area contributed by atoms with Crippen molar-refractivity contribution in [2.45, 2.75) is 13.0 Å². The number of methoxy groups -OCH3 is 1. The highest BCUT2D eigenvalue weighted by molar-refractivity contribution is 5.96. The lowest BCUT2D eigenvalue weighted by Crippen LogP contribution is -2.49. The summed E-state index contributed by atoms with van der Waals surface area (Å²) in [6, 6.07) is 34.7. The molecule has 0 spiro atoms. The smallest absolute Gasteiger partial charge is 0.341 e. The first-order chi connectivity index (χ1) is 20.5. The van der Waals surface area contributed by atoms with Crippen LogP contribution >= 0.6 is 0 Å². The monoisotopic (exact) mass is 561 g/mol. The summed E-state index contributed by atoms with van der Waals surface area (Å²) in [6.07, 6.45) is 1.72. The highest BCUT2D eigenvalue weighted by atomic mass is 16.5. The molecule has 1 N–H and O–H groups in total. The van der Waals surface area contributed by atoms with Crippen molar-refractivity contribution in [3.63, 3.8) is 0 Å². The van der Waals surface area contributed by atoms with E-state index >= 15 is 0 Å². The van der Waals surface area contributed by atoms with Crippen molar-refractivity contribution < 1.29 is 19.1 Å². The van der Waals surface area contributed by atoms with Crippen molar-refractivity contribution in [1.29, 1.82) is 0 Å². The zero-order chi connectivity index (χ0) is 29.3. The standard InChI is InChI=1S/C35H35N3O4/c1-26(24-27-12-6-3-7-13-27)37-20-22-38(23-21-37)35(40)36-30-18-19-32(31(25-30)34(39)41-2)42-33(28-14-8-4-9-15-28)29-16-10-5-11-17-29/h3-19,24-25,33H,20-23H2,1-2H3,(H,36,40). The Bertz CT molecular complexity index is 1480. The molecule has 0 aliphatic carbocycles. The predicted molar refractivity (Wildman–Crippen MR) is 165 cm³/mol. The van der Waals surface area contributed by atoms with Gasteiger partial charge in [0.15, 0.2) is 0 Å². The van der Waals surface area contributed by atoms with Gasteiger partial charge >= 0.3 is 12.0 Å². The maximum atomic E-state index is 13.2. The third kappa shape index (κ3) is 6.99. The lowest BCUT2D eigenvalue weighted by Gasteiger charge is -2.36. The number of ether oxygens (including phenoxy) is 2. The molecule has 1 saturated heterocycles. The average Bonchev–Trinajstić information content (AvgIpc) is 3.05. The second-order valence-electron chi connectivity index (χ2n) is 10.1. The van der Waals surface area contributed by atoms with Crippen LogP contribution in [0.3, 0.4) is 0 Å². The van der Waals surface area contributed by atoms with Crippen molar-refractivity contribution in [3.05, 3.63) is 137 Å². The van der Waals surface area contributed by atoms with Crippen molar-refractivity contribution in [2.24, 2.45) is 0 Å². The van der Waals surface area contributed by atoms with Crippen molar-refractivity contribution >= 4 is 23.8 Å². The van der Waals surface area contributed by atoms with Crippen LogP contribution in [0.4, 0.5) is 10.5 Å². The number of carbonyl (C=O) groups excluding carboxylic acids is 2. The van der Waals surface area contributed by atoms with E-state index in [2.05, 4.69) is 35.3 Å². The van der Waals surface area contributed by atoms with Gasteiger partial charge in [0.1, 0.15) is 17.4 Å². The van der Waals surface area contributed by atoms with Crippen LogP contribution < -0.4 is 10.1 Å². The van der Waals surface area contributed by atoms with E-state index in [1.54, 1.807) is 23.1 Å². The van der Waals surface area contributed by atoms with E-state index in [9.17, 15) is 9.59 Å². The second-order valence-corrected chi connectivity index (χ2v) is 10.1. The number of amides is 2. The van der Waals surface area contributed by atoms with Gasteiger partial charge in [-0.2, -0.15) is 0 Å². The fraction of sp³-hybridized carbons (Fsp3) is 0.200. The van der Waals surface area contributed by atoms with E-state index < -0.39 is 12.1 Å². The molecule has 5 rings (SSSR count). The first kappa shape index (κ1) is 28.5. The van der Waals surface area contributed by atoms with E-state index in [0.29, 0.717) is 24.5 Å². The van der Waals surface area contributed by atoms with E-state index in [1.807, 2.05) is 78.9 Å². The number of nitrogens with zero attached hydrogens (tertiary/aromatic N) is 2. The fourth-order valence-corrected chi connectivity index (χ4v) is 5.04. The number of benzene rings is 4. The Hall–Kier alpha value is -5.04. The molecular weight excluding hydrogens is 526 g/mol. The summed E-state index contributed by atoms with van der Waals surface area (Å²) in [6.45, 7) is 4.76. The molecule has 0 bridgehead atoms. The SMILES string of the molecule is COC(=O)c1cc(NC(=O)N2CCN(C(C)=Cc3ccccc3)CC2)ccc1OC(c1ccccc1)c1ccccc1. The summed E-state index contributed by atoms with van der Waals surface area (Å²) in [5.41, 5.74) is 4.95. The number of piperazine rings is 1. The minimum absolute atomic E-state index is 0.213. The van der Waals surface area contributed by atoms with Crippen LogP contribution in [0.15, 0.2) is 115 Å². The van der Waals surface area contributed by atoms with Gasteiger partial charge in [0.2, 0.25) is 0 Å². The lowest BCUT2D eigenvalue weighted by molar-refractivity contribution is 0.0594. The molecule has 214 valence electrons. The maximum absolute atomic E-state index is 13.2. The van der Waals surface area contributed by atoms with Gasteiger partial charge in [-0.15, -0.1) is 0 Å². The molecule has 0 aromatic heterocycles. The van der Waals surface area contributed by atoms with Crippen LogP contribution in [0.25, 0.3) is 6.08 Å². The van der Waals surface area contributed by atoms with E-state index in [1.165, 1.54) is 12.8 Å². The Morgan fingerprint density at radius 2 is 1.31 bits per heavy atom. The number of allylic oxidation sites excluding steroid dienone is 1. The largest absolute Gasteiger partial charge is 0.480 e. The van der Waals surface area contributed by atoms with Crippen LogP contribution in [0.1, 0.15) is 40.1 Å². The zero-order valence-corrected chi connectivity index (χ0v) is 23.9. The highest BCUT2D eigenvalue weighted by Crippen LogP contribution is 2.32. The summed E-state index contributed by atoms with van der Waals surface area (Å²) in [7, 11) is 1.33. The number of hydrogen-bond donors (Lipinski definition) is 1. The van der Waals surface area contributed by atoms with Gasteiger partial charge in [-0.3, -0.25) is 0 Å². The van der Waals surface area contributed by atoms with Gasteiger partial charge < -0.3 is 24.6 Å². The van der Waals surface area contributed by atoms with Crippen LogP contribution in [0.5, 0.6) is 5.75 Å². The number of rotatable bonds is 8. The van der Waals surface area contributed by atoms with E-state index in [0.717, 1.165) is 29.8 Å². The molecule has 4 aromatic carbocycles. The molecule has 1 aliphatic heterocycles. The molecule has 7 heteroatoms. The number of carbonyl (C=O) groups is 2. The molecule has 4 aromatic rings. The number of nitrogens with one attached hydrogen (secondary N) is 1. The molecule has 1 heterocycles. The zero-order valence-electron chi connectivity index (χ0n) is 23.9. The number of esters is 1. The fourth-order valence-electron chi connectivity index (χ4n) is 5.04.